The van der Waals surface area contributed by atoms with Crippen LogP contribution in [0, 0.1) is 0 Å². The van der Waals surface area contributed by atoms with Crippen molar-refractivity contribution in [3.63, 3.8) is 0 Å². The molecule has 0 aliphatic carbocycles. The van der Waals surface area contributed by atoms with Crippen LogP contribution in [0.1, 0.15) is 33.3 Å². The van der Waals surface area contributed by atoms with Crippen molar-refractivity contribution in [3.8, 4) is 0 Å². The summed E-state index contributed by atoms with van der Waals surface area (Å²) in [6.07, 6.45) is 1.09. The molecule has 0 spiro atoms. The molecule has 1 amide bonds. The van der Waals surface area contributed by atoms with Gasteiger partial charge < -0.3 is 9.64 Å². The number of fused-ring (bicyclic) bond motifs is 1. The van der Waals surface area contributed by atoms with Gasteiger partial charge in [0, 0.05) is 48.3 Å². The van der Waals surface area contributed by atoms with E-state index in [1.807, 2.05) is 33.8 Å². The van der Waals surface area contributed by atoms with Crippen LogP contribution in [0.4, 0.5) is 4.79 Å². The fraction of sp³-hybridized carbons (Fsp3) is 0.385. The summed E-state index contributed by atoms with van der Waals surface area (Å²) in [6.45, 7) is 9.56. The van der Waals surface area contributed by atoms with Gasteiger partial charge in [0.2, 0.25) is 0 Å². The number of hydrogen-bond acceptors (Lipinski definition) is 6. The number of aromatic nitrogens is 1. The second kappa shape index (κ2) is 9.99. The fourth-order valence-electron chi connectivity index (χ4n) is 4.38. The predicted molar refractivity (Wildman–Crippen MR) is 143 cm³/mol. The lowest BCUT2D eigenvalue weighted by Gasteiger charge is -2.40. The maximum absolute atomic E-state index is 13.4. The number of rotatable bonds is 4. The highest BCUT2D eigenvalue weighted by Gasteiger charge is 2.31. The lowest BCUT2D eigenvalue weighted by molar-refractivity contribution is 0.000582. The van der Waals surface area contributed by atoms with Gasteiger partial charge in [0.05, 0.1) is 4.90 Å². The molecule has 1 saturated heterocycles. The average molecular weight is 577 g/mol. The van der Waals surface area contributed by atoms with Crippen LogP contribution in [0.25, 0.3) is 10.8 Å². The molecule has 0 bridgehead atoms. The number of carbonyl (C=O) groups is 1. The summed E-state index contributed by atoms with van der Waals surface area (Å²) in [7, 11) is -4.08. The van der Waals surface area contributed by atoms with Crippen LogP contribution in [0.5, 0.6) is 0 Å². The summed E-state index contributed by atoms with van der Waals surface area (Å²) in [5.74, 6) is 0. The Hall–Kier alpha value is -2.69. The Labute approximate surface area is 219 Å². The van der Waals surface area contributed by atoms with E-state index in [0.717, 1.165) is 8.45 Å². The Morgan fingerprint density at radius 3 is 2.42 bits per heavy atom. The Balaban J connectivity index is 1.68. The van der Waals surface area contributed by atoms with Crippen molar-refractivity contribution in [2.75, 3.05) is 19.6 Å². The van der Waals surface area contributed by atoms with Gasteiger partial charge in [-0.2, -0.15) is 0 Å². The minimum absolute atomic E-state index is 0.0501. The molecule has 1 aromatic heterocycles. The van der Waals surface area contributed by atoms with E-state index < -0.39 is 21.2 Å². The molecule has 192 valence electrons. The van der Waals surface area contributed by atoms with Crippen molar-refractivity contribution in [3.05, 3.63) is 75.1 Å². The zero-order chi connectivity index (χ0) is 26.3. The van der Waals surface area contributed by atoms with E-state index in [0.29, 0.717) is 42.5 Å². The van der Waals surface area contributed by atoms with Crippen molar-refractivity contribution in [1.29, 1.82) is 0 Å². The van der Waals surface area contributed by atoms with Crippen molar-refractivity contribution in [1.82, 2.24) is 13.8 Å². The number of halogens is 1. The number of hydrogen-bond donors (Lipinski definition) is 0. The molecule has 1 fully saturated rings. The average Bonchev–Trinajstić information content (AvgIpc) is 2.80. The lowest BCUT2D eigenvalue weighted by Crippen LogP contribution is -2.54. The molecule has 0 saturated carbocycles. The highest BCUT2D eigenvalue weighted by atomic mass is 79.9. The Kier molecular flexibility index (Phi) is 7.32. The molecule has 8 nitrogen and oxygen atoms in total. The first kappa shape index (κ1) is 26.4. The Bertz CT molecular complexity index is 1450. The topological polar surface area (TPSA) is 88.9 Å². The third-order valence-electron chi connectivity index (χ3n) is 6.06. The first-order valence-corrected chi connectivity index (χ1v) is 14.0. The maximum atomic E-state index is 13.4. The van der Waals surface area contributed by atoms with Crippen LogP contribution in [0.15, 0.2) is 68.9 Å². The molecule has 1 aliphatic heterocycles. The van der Waals surface area contributed by atoms with Gasteiger partial charge in [0.1, 0.15) is 5.60 Å². The van der Waals surface area contributed by atoms with E-state index in [4.69, 9.17) is 4.74 Å². The minimum atomic E-state index is -4.08. The van der Waals surface area contributed by atoms with E-state index in [-0.39, 0.29) is 17.0 Å². The third-order valence-corrected chi connectivity index (χ3v) is 8.22. The normalized spacial score (nSPS) is 17.4. The summed E-state index contributed by atoms with van der Waals surface area (Å²) in [4.78, 5) is 29.8. The summed E-state index contributed by atoms with van der Waals surface area (Å²) in [6, 6.07) is 13.1. The highest BCUT2D eigenvalue weighted by Crippen LogP contribution is 2.25. The van der Waals surface area contributed by atoms with Gasteiger partial charge in [-0.25, -0.2) is 17.2 Å². The van der Waals surface area contributed by atoms with Gasteiger partial charge in [-0.05, 0) is 69.0 Å². The summed E-state index contributed by atoms with van der Waals surface area (Å²) < 4.78 is 33.9. The van der Waals surface area contributed by atoms with Crippen molar-refractivity contribution in [2.24, 2.45) is 0 Å². The largest absolute Gasteiger partial charge is 0.444 e. The Morgan fingerprint density at radius 1 is 1.08 bits per heavy atom. The third kappa shape index (κ3) is 5.50. The quantitative estimate of drug-likeness (QED) is 0.457. The van der Waals surface area contributed by atoms with Crippen molar-refractivity contribution in [2.45, 2.75) is 50.8 Å². The van der Waals surface area contributed by atoms with Gasteiger partial charge in [-0.1, -0.05) is 34.1 Å². The first-order chi connectivity index (χ1) is 16.9. The minimum Gasteiger partial charge on any atom is -0.444 e. The molecule has 10 heteroatoms. The van der Waals surface area contributed by atoms with Crippen molar-refractivity contribution < 1.29 is 17.9 Å². The van der Waals surface area contributed by atoms with E-state index in [9.17, 15) is 18.0 Å². The number of benzene rings is 2. The SMILES string of the molecule is C[C@H]1CN(Cc2cn(S(=O)(=O)c3ccccc3)c(=O)c3ccc(Br)cc23)CCN1C(=O)OC(C)(C)C. The lowest BCUT2D eigenvalue weighted by atomic mass is 10.1. The number of carbonyl (C=O) groups excluding carboxylic acids is 1. The smallest absolute Gasteiger partial charge is 0.410 e. The molecule has 2 heterocycles. The van der Waals surface area contributed by atoms with E-state index >= 15 is 0 Å². The fourth-order valence-corrected chi connectivity index (χ4v) is 6.05. The molecule has 0 radical (unpaired) electrons. The molecule has 36 heavy (non-hydrogen) atoms. The zero-order valence-electron chi connectivity index (χ0n) is 20.8. The number of amides is 1. The van der Waals surface area contributed by atoms with Crippen LogP contribution in [-0.4, -0.2) is 59.6 Å². The van der Waals surface area contributed by atoms with Crippen LogP contribution >= 0.6 is 15.9 Å². The van der Waals surface area contributed by atoms with E-state index in [1.54, 1.807) is 35.2 Å². The van der Waals surface area contributed by atoms with Gasteiger partial charge in [0.25, 0.3) is 15.6 Å². The van der Waals surface area contributed by atoms with Gasteiger partial charge >= 0.3 is 6.09 Å². The number of nitrogens with zero attached hydrogens (tertiary/aromatic N) is 3. The summed E-state index contributed by atoms with van der Waals surface area (Å²) >= 11 is 3.47. The molecule has 2 aromatic carbocycles. The molecule has 0 unspecified atom stereocenters. The first-order valence-electron chi connectivity index (χ1n) is 11.7. The number of pyridine rings is 1. The second-order valence-corrected chi connectivity index (χ2v) is 12.8. The molecule has 1 aliphatic rings. The van der Waals surface area contributed by atoms with E-state index in [1.165, 1.54) is 18.3 Å². The molecule has 4 rings (SSSR count). The highest BCUT2D eigenvalue weighted by molar-refractivity contribution is 9.10. The van der Waals surface area contributed by atoms with Crippen LogP contribution in [0.3, 0.4) is 0 Å². The molecule has 0 N–H and O–H groups in total. The molecule has 1 atom stereocenters. The standard InChI is InChI=1S/C26H30BrN3O5S/c1-18-15-28(12-13-29(18)25(32)35-26(2,3)4)16-19-17-30(36(33,34)21-8-6-5-7-9-21)24(31)22-11-10-20(27)14-23(19)22/h5-11,14,17-18H,12-13,15-16H2,1-4H3/t18-/m0/s1. The summed E-state index contributed by atoms with van der Waals surface area (Å²) in [5.41, 5.74) is -0.449. The zero-order valence-corrected chi connectivity index (χ0v) is 23.2. The second-order valence-electron chi connectivity index (χ2n) is 10.0. The molecular formula is C26H30BrN3O5S. The van der Waals surface area contributed by atoms with Crippen LogP contribution < -0.4 is 5.56 Å². The van der Waals surface area contributed by atoms with Gasteiger partial charge in [-0.3, -0.25) is 9.69 Å². The monoisotopic (exact) mass is 575 g/mol. The maximum Gasteiger partial charge on any atom is 0.410 e. The number of piperazine rings is 1. The van der Waals surface area contributed by atoms with Crippen LogP contribution in [-0.2, 0) is 21.3 Å². The predicted octanol–water partition coefficient (Wildman–Crippen LogP) is 4.44. The Morgan fingerprint density at radius 2 is 1.78 bits per heavy atom. The molecule has 3 aromatic rings. The van der Waals surface area contributed by atoms with E-state index in [2.05, 4.69) is 20.8 Å². The van der Waals surface area contributed by atoms with Crippen LogP contribution in [0.2, 0.25) is 0 Å². The van der Waals surface area contributed by atoms with Gasteiger partial charge in [-0.15, -0.1) is 0 Å². The van der Waals surface area contributed by atoms with Gasteiger partial charge in [0.15, 0.2) is 0 Å². The molecular weight excluding hydrogens is 546 g/mol. The van der Waals surface area contributed by atoms with Crippen molar-refractivity contribution >= 4 is 42.8 Å². The summed E-state index contributed by atoms with van der Waals surface area (Å²) in [5, 5.41) is 1.02. The number of ether oxygens (including phenoxy) is 1.